The molecule has 1 heterocycles. The number of amides is 1. The highest BCUT2D eigenvalue weighted by molar-refractivity contribution is 5.92. The minimum absolute atomic E-state index is 0.0196. The maximum absolute atomic E-state index is 12.3. The first-order chi connectivity index (χ1) is 12.5. The summed E-state index contributed by atoms with van der Waals surface area (Å²) in [6.45, 7) is 7.43. The number of nitrogens with zero attached hydrogens (tertiary/aromatic N) is 2. The SMILES string of the molecule is COc1ccc(NC(=O)CN2CCN(c3ccc(C)cc3)C(C)C2)cc1. The van der Waals surface area contributed by atoms with Gasteiger partial charge >= 0.3 is 0 Å². The van der Waals surface area contributed by atoms with Gasteiger partial charge in [0.05, 0.1) is 13.7 Å². The summed E-state index contributed by atoms with van der Waals surface area (Å²) in [5.41, 5.74) is 3.32. The summed E-state index contributed by atoms with van der Waals surface area (Å²) in [4.78, 5) is 17.0. The molecule has 0 radical (unpaired) electrons. The van der Waals surface area contributed by atoms with E-state index in [1.54, 1.807) is 7.11 Å². The molecule has 1 fully saturated rings. The lowest BCUT2D eigenvalue weighted by Gasteiger charge is -2.41. The molecule has 1 unspecified atom stereocenters. The van der Waals surface area contributed by atoms with Crippen molar-refractivity contribution in [1.82, 2.24) is 4.90 Å². The van der Waals surface area contributed by atoms with Gasteiger partial charge in [0.15, 0.2) is 0 Å². The number of piperazine rings is 1. The van der Waals surface area contributed by atoms with Crippen molar-refractivity contribution >= 4 is 17.3 Å². The first-order valence-corrected chi connectivity index (χ1v) is 9.05. The molecular formula is C21H27N3O2. The van der Waals surface area contributed by atoms with E-state index in [2.05, 4.69) is 53.2 Å². The van der Waals surface area contributed by atoms with Crippen molar-refractivity contribution in [1.29, 1.82) is 0 Å². The number of carbonyl (C=O) groups is 1. The lowest BCUT2D eigenvalue weighted by atomic mass is 10.1. The second kappa shape index (κ2) is 8.23. The molecule has 138 valence electrons. The van der Waals surface area contributed by atoms with Crippen LogP contribution in [0.15, 0.2) is 48.5 Å². The van der Waals surface area contributed by atoms with Gasteiger partial charge in [-0.3, -0.25) is 9.69 Å². The maximum atomic E-state index is 12.3. The Kier molecular flexibility index (Phi) is 5.78. The van der Waals surface area contributed by atoms with Gasteiger partial charge in [0.25, 0.3) is 0 Å². The summed E-state index contributed by atoms with van der Waals surface area (Å²) < 4.78 is 5.13. The van der Waals surface area contributed by atoms with Crippen molar-refractivity contribution in [3.63, 3.8) is 0 Å². The van der Waals surface area contributed by atoms with Crippen LogP contribution in [0.5, 0.6) is 5.75 Å². The third-order valence-corrected chi connectivity index (χ3v) is 4.82. The molecule has 0 saturated carbocycles. The van der Waals surface area contributed by atoms with Crippen LogP contribution < -0.4 is 15.0 Å². The maximum Gasteiger partial charge on any atom is 0.238 e. The van der Waals surface area contributed by atoms with Crippen LogP contribution in [0.25, 0.3) is 0 Å². The van der Waals surface area contributed by atoms with E-state index in [-0.39, 0.29) is 5.91 Å². The molecule has 1 atom stereocenters. The Bertz CT molecular complexity index is 728. The Balaban J connectivity index is 1.52. The standard InChI is InChI=1S/C21H27N3O2/c1-16-4-8-19(9-5-16)24-13-12-23(14-17(24)2)15-21(25)22-18-6-10-20(26-3)11-7-18/h4-11,17H,12-15H2,1-3H3,(H,22,25). The predicted octanol–water partition coefficient (Wildman–Crippen LogP) is 3.15. The Morgan fingerprint density at radius 1 is 1.12 bits per heavy atom. The van der Waals surface area contributed by atoms with Crippen LogP contribution in [0.3, 0.4) is 0 Å². The summed E-state index contributed by atoms with van der Waals surface area (Å²) in [7, 11) is 1.63. The summed E-state index contributed by atoms with van der Waals surface area (Å²) in [6, 6.07) is 16.4. The van der Waals surface area contributed by atoms with Crippen LogP contribution in [-0.4, -0.2) is 50.1 Å². The van der Waals surface area contributed by atoms with Crippen LogP contribution in [0, 0.1) is 6.92 Å². The Labute approximate surface area is 155 Å². The molecule has 1 amide bonds. The van der Waals surface area contributed by atoms with E-state index < -0.39 is 0 Å². The van der Waals surface area contributed by atoms with E-state index in [1.807, 2.05) is 24.3 Å². The fourth-order valence-corrected chi connectivity index (χ4v) is 3.37. The van der Waals surface area contributed by atoms with E-state index in [9.17, 15) is 4.79 Å². The molecule has 2 aromatic rings. The minimum atomic E-state index is 0.0196. The number of carbonyl (C=O) groups excluding carboxylic acids is 1. The molecule has 1 aliphatic heterocycles. The molecule has 0 bridgehead atoms. The van der Waals surface area contributed by atoms with Crippen LogP contribution in [-0.2, 0) is 4.79 Å². The quantitative estimate of drug-likeness (QED) is 0.897. The average molecular weight is 353 g/mol. The number of benzene rings is 2. The Morgan fingerprint density at radius 3 is 2.42 bits per heavy atom. The zero-order chi connectivity index (χ0) is 18.5. The monoisotopic (exact) mass is 353 g/mol. The van der Waals surface area contributed by atoms with Crippen LogP contribution in [0.1, 0.15) is 12.5 Å². The van der Waals surface area contributed by atoms with E-state index in [1.165, 1.54) is 11.3 Å². The first-order valence-electron chi connectivity index (χ1n) is 9.05. The summed E-state index contributed by atoms with van der Waals surface area (Å²) >= 11 is 0. The highest BCUT2D eigenvalue weighted by Crippen LogP contribution is 2.21. The van der Waals surface area contributed by atoms with Gasteiger partial charge in [-0.1, -0.05) is 17.7 Å². The molecule has 0 spiro atoms. The van der Waals surface area contributed by atoms with E-state index >= 15 is 0 Å². The molecule has 3 rings (SSSR count). The average Bonchev–Trinajstić information content (AvgIpc) is 2.63. The van der Waals surface area contributed by atoms with Gasteiger partial charge in [0, 0.05) is 37.1 Å². The van der Waals surface area contributed by atoms with Crippen LogP contribution >= 0.6 is 0 Å². The molecule has 1 N–H and O–H groups in total. The van der Waals surface area contributed by atoms with Crippen LogP contribution in [0.2, 0.25) is 0 Å². The molecule has 2 aromatic carbocycles. The third kappa shape index (κ3) is 4.55. The molecule has 5 nitrogen and oxygen atoms in total. The normalized spacial score (nSPS) is 17.8. The van der Waals surface area contributed by atoms with Gasteiger partial charge in [-0.15, -0.1) is 0 Å². The van der Waals surface area contributed by atoms with Gasteiger partial charge in [0.1, 0.15) is 5.75 Å². The number of aryl methyl sites for hydroxylation is 1. The molecule has 26 heavy (non-hydrogen) atoms. The van der Waals surface area contributed by atoms with Crippen LogP contribution in [0.4, 0.5) is 11.4 Å². The highest BCUT2D eigenvalue weighted by Gasteiger charge is 2.25. The fraction of sp³-hybridized carbons (Fsp3) is 0.381. The number of ether oxygens (including phenoxy) is 1. The summed E-state index contributed by atoms with van der Waals surface area (Å²) in [6.07, 6.45) is 0. The van der Waals surface area contributed by atoms with E-state index in [0.29, 0.717) is 12.6 Å². The van der Waals surface area contributed by atoms with Crippen molar-refractivity contribution in [2.45, 2.75) is 19.9 Å². The number of nitrogens with one attached hydrogen (secondary N) is 1. The first kappa shape index (κ1) is 18.3. The Hall–Kier alpha value is -2.53. The lowest BCUT2D eigenvalue weighted by Crippen LogP contribution is -2.53. The van der Waals surface area contributed by atoms with Gasteiger partial charge in [-0.25, -0.2) is 0 Å². The largest absolute Gasteiger partial charge is 0.497 e. The fourth-order valence-electron chi connectivity index (χ4n) is 3.37. The molecule has 0 aromatic heterocycles. The number of methoxy groups -OCH3 is 1. The topological polar surface area (TPSA) is 44.8 Å². The number of rotatable bonds is 5. The zero-order valence-electron chi connectivity index (χ0n) is 15.7. The van der Waals surface area contributed by atoms with E-state index in [0.717, 1.165) is 31.1 Å². The smallest absolute Gasteiger partial charge is 0.238 e. The van der Waals surface area contributed by atoms with Crippen molar-refractivity contribution in [3.05, 3.63) is 54.1 Å². The van der Waals surface area contributed by atoms with Crippen molar-refractivity contribution in [3.8, 4) is 5.75 Å². The molecular weight excluding hydrogens is 326 g/mol. The second-order valence-corrected chi connectivity index (χ2v) is 6.89. The second-order valence-electron chi connectivity index (χ2n) is 6.89. The molecule has 0 aliphatic carbocycles. The molecule has 1 aliphatic rings. The van der Waals surface area contributed by atoms with Crippen molar-refractivity contribution in [2.24, 2.45) is 0 Å². The van der Waals surface area contributed by atoms with E-state index in [4.69, 9.17) is 4.74 Å². The van der Waals surface area contributed by atoms with Gasteiger partial charge in [0.2, 0.25) is 5.91 Å². The zero-order valence-corrected chi connectivity index (χ0v) is 15.7. The van der Waals surface area contributed by atoms with Gasteiger partial charge in [-0.2, -0.15) is 0 Å². The number of anilines is 2. The summed E-state index contributed by atoms with van der Waals surface area (Å²) in [5.74, 6) is 0.801. The van der Waals surface area contributed by atoms with Gasteiger partial charge < -0.3 is 15.0 Å². The minimum Gasteiger partial charge on any atom is -0.497 e. The van der Waals surface area contributed by atoms with Crippen molar-refractivity contribution in [2.75, 3.05) is 43.5 Å². The number of hydrogen-bond donors (Lipinski definition) is 1. The predicted molar refractivity (Wildman–Crippen MR) is 106 cm³/mol. The van der Waals surface area contributed by atoms with Gasteiger partial charge in [-0.05, 0) is 50.2 Å². The Morgan fingerprint density at radius 2 is 1.81 bits per heavy atom. The van der Waals surface area contributed by atoms with Crippen molar-refractivity contribution < 1.29 is 9.53 Å². The summed E-state index contributed by atoms with van der Waals surface area (Å²) in [5, 5.41) is 2.95. The molecule has 5 heteroatoms. The highest BCUT2D eigenvalue weighted by atomic mass is 16.5. The third-order valence-electron chi connectivity index (χ3n) is 4.82. The lowest BCUT2D eigenvalue weighted by molar-refractivity contribution is -0.117. The number of hydrogen-bond acceptors (Lipinski definition) is 4. The molecule has 1 saturated heterocycles.